The van der Waals surface area contributed by atoms with Crippen molar-refractivity contribution in [2.24, 2.45) is 0 Å². The van der Waals surface area contributed by atoms with Gasteiger partial charge in [0.25, 0.3) is 0 Å². The van der Waals surface area contributed by atoms with Crippen molar-refractivity contribution >= 4 is 17.9 Å². The highest BCUT2D eigenvalue weighted by molar-refractivity contribution is 5.70. The van der Waals surface area contributed by atoms with Crippen LogP contribution in [0.1, 0.15) is 245 Å². The molecular formula is C76H123NO8. The minimum absolute atomic E-state index is 0.135. The number of ether oxygens (including phenoxy) is 4. The number of allylic oxidation sites excluding steroid dienone is 26. The molecule has 0 spiro atoms. The predicted molar refractivity (Wildman–Crippen MR) is 361 cm³/mol. The van der Waals surface area contributed by atoms with Crippen molar-refractivity contribution in [2.75, 3.05) is 47.5 Å². The number of carbonyl (C=O) groups is 3. The van der Waals surface area contributed by atoms with Gasteiger partial charge in [-0.05, 0) is 128 Å². The Balaban J connectivity index is 4.25. The number of carboxylic acids is 1. The second-order valence-electron chi connectivity index (χ2n) is 23.0. The number of quaternary nitrogens is 1. The van der Waals surface area contributed by atoms with Gasteiger partial charge in [0.2, 0.25) is 0 Å². The van der Waals surface area contributed by atoms with Crippen molar-refractivity contribution in [3.05, 3.63) is 158 Å². The van der Waals surface area contributed by atoms with Crippen LogP contribution in [0.25, 0.3) is 0 Å². The molecule has 0 fully saturated rings. The van der Waals surface area contributed by atoms with E-state index in [2.05, 4.69) is 172 Å². The Morgan fingerprint density at radius 1 is 0.365 bits per heavy atom. The van der Waals surface area contributed by atoms with Gasteiger partial charge in [-0.3, -0.25) is 9.59 Å². The van der Waals surface area contributed by atoms with Gasteiger partial charge in [0, 0.05) is 12.8 Å². The summed E-state index contributed by atoms with van der Waals surface area (Å²) in [7, 11) is 5.91. The summed E-state index contributed by atoms with van der Waals surface area (Å²) >= 11 is 0. The van der Waals surface area contributed by atoms with Crippen LogP contribution in [0, 0.1) is 0 Å². The van der Waals surface area contributed by atoms with Gasteiger partial charge in [-0.15, -0.1) is 0 Å². The Morgan fingerprint density at radius 2 is 0.671 bits per heavy atom. The van der Waals surface area contributed by atoms with E-state index in [9.17, 15) is 19.5 Å². The van der Waals surface area contributed by atoms with Crippen LogP contribution in [0.5, 0.6) is 0 Å². The number of aliphatic carboxylic acids is 1. The molecule has 2 atom stereocenters. The maximum Gasteiger partial charge on any atom is 0.306 e. The number of carboxylic acid groups (broad SMARTS) is 1. The monoisotopic (exact) mass is 1180 g/mol. The average Bonchev–Trinajstić information content (AvgIpc) is 3.49. The van der Waals surface area contributed by atoms with Crippen LogP contribution in [0.2, 0.25) is 0 Å². The minimum Gasteiger partial charge on any atom is -0.545 e. The van der Waals surface area contributed by atoms with E-state index in [4.69, 9.17) is 18.9 Å². The molecule has 0 N–H and O–H groups in total. The summed E-state index contributed by atoms with van der Waals surface area (Å²) in [5.41, 5.74) is 0. The van der Waals surface area contributed by atoms with Crippen molar-refractivity contribution in [1.29, 1.82) is 0 Å². The maximum atomic E-state index is 12.9. The highest BCUT2D eigenvalue weighted by Crippen LogP contribution is 2.14. The molecule has 0 amide bonds. The molecule has 0 radical (unpaired) electrons. The van der Waals surface area contributed by atoms with Crippen LogP contribution in [-0.4, -0.2) is 82.3 Å². The van der Waals surface area contributed by atoms with Gasteiger partial charge in [-0.25, -0.2) is 0 Å². The zero-order valence-corrected chi connectivity index (χ0v) is 54.7. The second kappa shape index (κ2) is 64.9. The minimum atomic E-state index is -1.64. The molecule has 9 heteroatoms. The van der Waals surface area contributed by atoms with Crippen molar-refractivity contribution in [2.45, 2.75) is 257 Å². The molecular weight excluding hydrogens is 1050 g/mol. The number of likely N-dealkylation sites (N-methyl/N-ethyl adjacent to an activating group) is 1. The molecule has 0 bridgehead atoms. The first kappa shape index (κ1) is 79.9. The van der Waals surface area contributed by atoms with E-state index in [0.717, 1.165) is 141 Å². The number of rotatable bonds is 60. The van der Waals surface area contributed by atoms with E-state index in [1.54, 1.807) is 0 Å². The van der Waals surface area contributed by atoms with E-state index in [0.29, 0.717) is 17.4 Å². The topological polar surface area (TPSA) is 111 Å². The first-order valence-electron chi connectivity index (χ1n) is 33.6. The molecule has 0 aliphatic heterocycles. The molecule has 85 heavy (non-hydrogen) atoms. The first-order valence-corrected chi connectivity index (χ1v) is 33.6. The summed E-state index contributed by atoms with van der Waals surface area (Å²) in [6.45, 7) is 4.58. The quantitative estimate of drug-likeness (QED) is 0.0195. The molecule has 0 aliphatic rings. The molecule has 480 valence electrons. The lowest BCUT2D eigenvalue weighted by Crippen LogP contribution is -2.44. The molecule has 0 aromatic carbocycles. The summed E-state index contributed by atoms with van der Waals surface area (Å²) in [6.07, 6.45) is 93.1. The SMILES string of the molecule is CC/C=C\C/C=C\C/C=C\C/C=C\C/C=C\C/C=C\C/C=C\C/C=C\C/C=C\C/C=C\C/C=C\CCCCCCCC(=O)OC(COC(=O)CCCCCCCCCCC/C=C\C/C=C\CCCCCCC)COC(OCC[N+](C)(C)C)C(=O)[O-]. The Bertz CT molecular complexity index is 1950. The molecule has 0 aromatic heterocycles. The predicted octanol–water partition coefficient (Wildman–Crippen LogP) is 19.6. The highest BCUT2D eigenvalue weighted by atomic mass is 16.7. The lowest BCUT2D eigenvalue weighted by atomic mass is 10.1. The van der Waals surface area contributed by atoms with E-state index in [1.165, 1.54) is 70.6 Å². The summed E-state index contributed by atoms with van der Waals surface area (Å²) < 4.78 is 22.7. The third-order valence-corrected chi connectivity index (χ3v) is 13.8. The summed E-state index contributed by atoms with van der Waals surface area (Å²) in [5, 5.41) is 11.8. The molecule has 2 unspecified atom stereocenters. The Morgan fingerprint density at radius 3 is 1.00 bits per heavy atom. The zero-order valence-electron chi connectivity index (χ0n) is 54.7. The number of nitrogens with zero attached hydrogens (tertiary/aromatic N) is 1. The largest absolute Gasteiger partial charge is 0.545 e. The normalized spacial score (nSPS) is 13.8. The zero-order chi connectivity index (χ0) is 61.9. The number of esters is 2. The lowest BCUT2D eigenvalue weighted by molar-refractivity contribution is -0.870. The Kier molecular flexibility index (Phi) is 61.0. The number of hydrogen-bond acceptors (Lipinski definition) is 8. The molecule has 0 aromatic rings. The van der Waals surface area contributed by atoms with E-state index < -0.39 is 24.3 Å². The standard InChI is InChI=1S/C76H123NO8/c1-6-8-10-12-14-16-18-20-22-24-26-28-29-30-31-32-33-34-35-36-37-38-39-40-41-42-43-44-45-47-49-51-53-55-57-59-61-63-65-67-74(79)85-72(71-84-76(75(80)81)82-69-68-77(3,4)5)70-83-73(78)66-64-62-60-58-56-54-52-50-48-46-27-25-23-21-19-17-15-13-11-9-7-2/h8,10,14,16,19-22,25-28,30-31,33-34,36-37,39-40,42-43,45,47,51,53,72,76H,6-7,9,11-13,15,17-18,23-24,29,32,35,38,41,44,46,48-50,52,54-71H2,1-5H3/b10-8-,16-14-,21-19-,22-20-,27-25-,28-26-,31-30-,34-33-,37-36-,40-39-,43-42-,47-45-,53-51-. The Hall–Kier alpha value is -5.09. The second-order valence-corrected chi connectivity index (χ2v) is 23.0. The fraction of sp³-hybridized carbons (Fsp3) is 0.618. The van der Waals surface area contributed by atoms with Crippen molar-refractivity contribution < 1.29 is 42.9 Å². The third-order valence-electron chi connectivity index (χ3n) is 13.8. The van der Waals surface area contributed by atoms with Gasteiger partial charge < -0.3 is 33.3 Å². The van der Waals surface area contributed by atoms with Crippen molar-refractivity contribution in [3.8, 4) is 0 Å². The number of hydrogen-bond donors (Lipinski definition) is 0. The lowest BCUT2D eigenvalue weighted by Gasteiger charge is -2.26. The van der Waals surface area contributed by atoms with Gasteiger partial charge in [-0.2, -0.15) is 0 Å². The molecule has 0 rings (SSSR count). The summed E-state index contributed by atoms with van der Waals surface area (Å²) in [6, 6.07) is 0. The van der Waals surface area contributed by atoms with Gasteiger partial charge in [-0.1, -0.05) is 262 Å². The summed E-state index contributed by atoms with van der Waals surface area (Å²) in [5.74, 6) is -2.33. The maximum absolute atomic E-state index is 12.9. The number of unbranched alkanes of at least 4 members (excludes halogenated alkanes) is 19. The molecule has 9 nitrogen and oxygen atoms in total. The fourth-order valence-corrected chi connectivity index (χ4v) is 8.63. The van der Waals surface area contributed by atoms with E-state index in [1.807, 2.05) is 21.1 Å². The van der Waals surface area contributed by atoms with Crippen molar-refractivity contribution in [3.63, 3.8) is 0 Å². The molecule has 0 saturated carbocycles. The molecule has 0 aliphatic carbocycles. The summed E-state index contributed by atoms with van der Waals surface area (Å²) in [4.78, 5) is 37.4. The van der Waals surface area contributed by atoms with E-state index in [-0.39, 0.29) is 38.6 Å². The fourth-order valence-electron chi connectivity index (χ4n) is 8.63. The van der Waals surface area contributed by atoms with Crippen LogP contribution < -0.4 is 5.11 Å². The van der Waals surface area contributed by atoms with Gasteiger partial charge >= 0.3 is 11.9 Å². The van der Waals surface area contributed by atoms with Crippen LogP contribution >= 0.6 is 0 Å². The first-order chi connectivity index (χ1) is 41.6. The molecule has 0 heterocycles. The third kappa shape index (κ3) is 66.3. The van der Waals surface area contributed by atoms with Gasteiger partial charge in [0.1, 0.15) is 13.2 Å². The van der Waals surface area contributed by atoms with E-state index >= 15 is 0 Å². The van der Waals surface area contributed by atoms with Gasteiger partial charge in [0.05, 0.1) is 40.3 Å². The number of carbonyl (C=O) groups excluding carboxylic acids is 3. The average molecular weight is 1180 g/mol. The van der Waals surface area contributed by atoms with Crippen LogP contribution in [0.3, 0.4) is 0 Å². The smallest absolute Gasteiger partial charge is 0.306 e. The van der Waals surface area contributed by atoms with Crippen LogP contribution in [-0.2, 0) is 33.3 Å². The van der Waals surface area contributed by atoms with Gasteiger partial charge in [0.15, 0.2) is 12.4 Å². The molecule has 0 saturated heterocycles. The van der Waals surface area contributed by atoms with Crippen molar-refractivity contribution in [1.82, 2.24) is 0 Å². The Labute approximate surface area is 521 Å². The van der Waals surface area contributed by atoms with Crippen LogP contribution in [0.4, 0.5) is 0 Å². The highest BCUT2D eigenvalue weighted by Gasteiger charge is 2.22. The van der Waals surface area contributed by atoms with Crippen LogP contribution in [0.15, 0.2) is 158 Å².